The average molecular weight is 339 g/mol. The van der Waals surface area contributed by atoms with Crippen molar-refractivity contribution in [3.8, 4) is 0 Å². The molecular weight excluding hydrogens is 314 g/mol. The summed E-state index contributed by atoms with van der Waals surface area (Å²) in [6, 6.07) is 2.02. The van der Waals surface area contributed by atoms with Gasteiger partial charge in [-0.25, -0.2) is 15.0 Å². The Kier molecular flexibility index (Phi) is 4.63. The first-order chi connectivity index (χ1) is 12.3. The highest BCUT2D eigenvalue weighted by Crippen LogP contribution is 2.20. The Balaban J connectivity index is 1.41. The van der Waals surface area contributed by atoms with E-state index in [0.29, 0.717) is 0 Å². The van der Waals surface area contributed by atoms with Crippen LogP contribution >= 0.6 is 0 Å². The largest absolute Gasteiger partial charge is 0.353 e. The molecule has 132 valence electrons. The van der Waals surface area contributed by atoms with E-state index in [1.807, 2.05) is 31.6 Å². The summed E-state index contributed by atoms with van der Waals surface area (Å²) in [5, 5.41) is 0. The van der Waals surface area contributed by atoms with Crippen molar-refractivity contribution >= 4 is 17.7 Å². The van der Waals surface area contributed by atoms with Gasteiger partial charge in [0.2, 0.25) is 11.9 Å². The van der Waals surface area contributed by atoms with Gasteiger partial charge in [-0.05, 0) is 37.8 Å². The van der Waals surface area contributed by atoms with Crippen LogP contribution < -0.4 is 14.7 Å². The second kappa shape index (κ2) is 7.21. The minimum absolute atomic E-state index is 0.821. The Labute approximate surface area is 148 Å². The summed E-state index contributed by atoms with van der Waals surface area (Å²) in [6.07, 6.45) is 9.45. The van der Waals surface area contributed by atoms with Gasteiger partial charge in [0, 0.05) is 57.9 Å². The Morgan fingerprint density at radius 3 is 2.08 bits per heavy atom. The van der Waals surface area contributed by atoms with Gasteiger partial charge in [0.15, 0.2) is 0 Å². The number of piperidine rings is 1. The first-order valence-corrected chi connectivity index (χ1v) is 9.16. The molecule has 4 rings (SSSR count). The van der Waals surface area contributed by atoms with Gasteiger partial charge < -0.3 is 14.7 Å². The monoisotopic (exact) mass is 339 g/mol. The zero-order chi connectivity index (χ0) is 17.1. The van der Waals surface area contributed by atoms with Crippen molar-refractivity contribution in [3.05, 3.63) is 30.2 Å². The van der Waals surface area contributed by atoms with Crippen LogP contribution in [0.15, 0.2) is 24.7 Å². The third kappa shape index (κ3) is 3.65. The topological polar surface area (TPSA) is 61.3 Å². The van der Waals surface area contributed by atoms with E-state index in [1.165, 1.54) is 19.3 Å². The molecule has 0 unspecified atom stereocenters. The molecule has 2 aromatic rings. The van der Waals surface area contributed by atoms with Crippen LogP contribution in [0.2, 0.25) is 0 Å². The lowest BCUT2D eigenvalue weighted by atomic mass is 10.1. The number of hydrogen-bond donors (Lipinski definition) is 0. The molecule has 7 nitrogen and oxygen atoms in total. The molecule has 25 heavy (non-hydrogen) atoms. The SMILES string of the molecule is Cc1cnc(N2CCN(c3ccnc(N4CCCCC4)n3)CC2)nc1. The van der Waals surface area contributed by atoms with E-state index in [2.05, 4.69) is 29.7 Å². The van der Waals surface area contributed by atoms with Crippen molar-refractivity contribution in [1.82, 2.24) is 19.9 Å². The van der Waals surface area contributed by atoms with Gasteiger partial charge in [-0.2, -0.15) is 4.98 Å². The van der Waals surface area contributed by atoms with Crippen molar-refractivity contribution < 1.29 is 0 Å². The molecule has 2 fully saturated rings. The molecule has 7 heteroatoms. The molecule has 0 saturated carbocycles. The van der Waals surface area contributed by atoms with Gasteiger partial charge in [-0.3, -0.25) is 0 Å². The average Bonchev–Trinajstić information content (AvgIpc) is 2.70. The van der Waals surface area contributed by atoms with Gasteiger partial charge in [0.1, 0.15) is 5.82 Å². The molecule has 2 saturated heterocycles. The summed E-state index contributed by atoms with van der Waals surface area (Å²) >= 11 is 0. The molecule has 4 heterocycles. The van der Waals surface area contributed by atoms with Crippen LogP contribution in [0.5, 0.6) is 0 Å². The fourth-order valence-corrected chi connectivity index (χ4v) is 3.45. The molecule has 0 aliphatic carbocycles. The standard InChI is InChI=1S/C18H25N7/c1-15-13-20-17(21-14-15)25-11-9-23(10-12-25)16-5-6-19-18(22-16)24-7-3-2-4-8-24/h5-6,13-14H,2-4,7-12H2,1H3. The third-order valence-corrected chi connectivity index (χ3v) is 4.92. The lowest BCUT2D eigenvalue weighted by molar-refractivity contribution is 0.567. The second-order valence-electron chi connectivity index (χ2n) is 6.80. The molecule has 0 amide bonds. The molecule has 0 N–H and O–H groups in total. The van der Waals surface area contributed by atoms with E-state index in [9.17, 15) is 0 Å². The number of aryl methyl sites for hydroxylation is 1. The van der Waals surface area contributed by atoms with E-state index in [4.69, 9.17) is 4.98 Å². The summed E-state index contributed by atoms with van der Waals surface area (Å²) in [5.74, 6) is 2.73. The fourth-order valence-electron chi connectivity index (χ4n) is 3.45. The fraction of sp³-hybridized carbons (Fsp3) is 0.556. The van der Waals surface area contributed by atoms with E-state index in [0.717, 1.165) is 62.5 Å². The predicted molar refractivity (Wildman–Crippen MR) is 99.3 cm³/mol. The quantitative estimate of drug-likeness (QED) is 0.846. The van der Waals surface area contributed by atoms with E-state index in [-0.39, 0.29) is 0 Å². The third-order valence-electron chi connectivity index (χ3n) is 4.92. The summed E-state index contributed by atoms with van der Waals surface area (Å²) < 4.78 is 0. The molecule has 0 bridgehead atoms. The van der Waals surface area contributed by atoms with E-state index >= 15 is 0 Å². The maximum atomic E-state index is 4.82. The highest BCUT2D eigenvalue weighted by molar-refractivity contribution is 5.46. The van der Waals surface area contributed by atoms with Gasteiger partial charge >= 0.3 is 0 Å². The number of aromatic nitrogens is 4. The number of nitrogens with zero attached hydrogens (tertiary/aromatic N) is 7. The maximum absolute atomic E-state index is 4.82. The number of anilines is 3. The number of rotatable bonds is 3. The highest BCUT2D eigenvalue weighted by atomic mass is 15.3. The van der Waals surface area contributed by atoms with Crippen LogP contribution in [0.4, 0.5) is 17.7 Å². The van der Waals surface area contributed by atoms with Crippen LogP contribution in [0.25, 0.3) is 0 Å². The normalized spacial score (nSPS) is 18.5. The van der Waals surface area contributed by atoms with Crippen molar-refractivity contribution in [2.45, 2.75) is 26.2 Å². The van der Waals surface area contributed by atoms with Crippen LogP contribution in [0.1, 0.15) is 24.8 Å². The molecule has 0 radical (unpaired) electrons. The maximum Gasteiger partial charge on any atom is 0.227 e. The number of hydrogen-bond acceptors (Lipinski definition) is 7. The Hall–Kier alpha value is -2.44. The zero-order valence-corrected chi connectivity index (χ0v) is 14.8. The van der Waals surface area contributed by atoms with E-state index in [1.54, 1.807) is 0 Å². The zero-order valence-electron chi connectivity index (χ0n) is 14.8. The molecular formula is C18H25N7. The molecule has 0 aromatic carbocycles. The van der Waals surface area contributed by atoms with Crippen LogP contribution in [-0.4, -0.2) is 59.2 Å². The summed E-state index contributed by atoms with van der Waals surface area (Å²) in [4.78, 5) is 25.1. The Morgan fingerprint density at radius 2 is 1.36 bits per heavy atom. The van der Waals surface area contributed by atoms with Gasteiger partial charge in [0.25, 0.3) is 0 Å². The van der Waals surface area contributed by atoms with Crippen LogP contribution in [0, 0.1) is 6.92 Å². The second-order valence-corrected chi connectivity index (χ2v) is 6.80. The van der Waals surface area contributed by atoms with Gasteiger partial charge in [-0.1, -0.05) is 0 Å². The number of piperazine rings is 1. The van der Waals surface area contributed by atoms with Crippen molar-refractivity contribution in [3.63, 3.8) is 0 Å². The predicted octanol–water partition coefficient (Wildman–Crippen LogP) is 1.89. The lowest BCUT2D eigenvalue weighted by Gasteiger charge is -2.35. The molecule has 2 aliphatic heterocycles. The molecule has 2 aliphatic rings. The Bertz CT molecular complexity index is 689. The van der Waals surface area contributed by atoms with Crippen molar-refractivity contribution in [2.75, 3.05) is 54.0 Å². The van der Waals surface area contributed by atoms with Crippen molar-refractivity contribution in [1.29, 1.82) is 0 Å². The van der Waals surface area contributed by atoms with Gasteiger partial charge in [0.05, 0.1) is 0 Å². The summed E-state index contributed by atoms with van der Waals surface area (Å²) in [7, 11) is 0. The summed E-state index contributed by atoms with van der Waals surface area (Å²) in [6.45, 7) is 7.82. The van der Waals surface area contributed by atoms with Crippen LogP contribution in [0.3, 0.4) is 0 Å². The molecule has 0 spiro atoms. The molecule has 0 atom stereocenters. The van der Waals surface area contributed by atoms with Gasteiger partial charge in [-0.15, -0.1) is 0 Å². The van der Waals surface area contributed by atoms with E-state index < -0.39 is 0 Å². The molecule has 2 aromatic heterocycles. The first-order valence-electron chi connectivity index (χ1n) is 9.16. The van der Waals surface area contributed by atoms with Crippen LogP contribution in [-0.2, 0) is 0 Å². The highest BCUT2D eigenvalue weighted by Gasteiger charge is 2.21. The first kappa shape index (κ1) is 16.1. The smallest absolute Gasteiger partial charge is 0.227 e. The van der Waals surface area contributed by atoms with Crippen molar-refractivity contribution in [2.24, 2.45) is 0 Å². The lowest BCUT2D eigenvalue weighted by Crippen LogP contribution is -2.47. The minimum Gasteiger partial charge on any atom is -0.353 e. The minimum atomic E-state index is 0.821. The summed E-state index contributed by atoms with van der Waals surface area (Å²) in [5.41, 5.74) is 1.09. The Morgan fingerprint density at radius 1 is 0.720 bits per heavy atom.